The zero-order chi connectivity index (χ0) is 15.5. The van der Waals surface area contributed by atoms with E-state index in [0.717, 1.165) is 54.5 Å². The summed E-state index contributed by atoms with van der Waals surface area (Å²) in [6.45, 7) is 8.27. The van der Waals surface area contributed by atoms with E-state index in [-0.39, 0.29) is 0 Å². The highest BCUT2D eigenvalue weighted by Crippen LogP contribution is 2.24. The summed E-state index contributed by atoms with van der Waals surface area (Å²) in [5.41, 5.74) is 0.825. The van der Waals surface area contributed by atoms with Gasteiger partial charge in [-0.1, -0.05) is 11.6 Å². The molecule has 5 nitrogen and oxygen atoms in total. The first-order chi connectivity index (χ1) is 10.6. The minimum atomic E-state index is 0.326. The molecule has 1 saturated heterocycles. The van der Waals surface area contributed by atoms with Crippen LogP contribution in [0.2, 0.25) is 5.02 Å². The third-order valence-electron chi connectivity index (χ3n) is 3.93. The Balaban J connectivity index is 1.48. The number of halogens is 1. The van der Waals surface area contributed by atoms with E-state index in [9.17, 15) is 0 Å². The molecular weight excluding hydrogens is 300 g/mol. The van der Waals surface area contributed by atoms with E-state index in [1.54, 1.807) is 0 Å². The normalized spacial score (nSPS) is 23.0. The molecule has 3 rings (SSSR count). The second kappa shape index (κ2) is 6.86. The molecule has 6 heteroatoms. The lowest BCUT2D eigenvalue weighted by Gasteiger charge is -2.35. The van der Waals surface area contributed by atoms with Crippen molar-refractivity contribution >= 4 is 28.5 Å². The molecule has 0 spiro atoms. The van der Waals surface area contributed by atoms with Gasteiger partial charge < -0.3 is 15.0 Å². The number of ether oxygens (including phenoxy) is 1. The van der Waals surface area contributed by atoms with E-state index in [0.29, 0.717) is 12.2 Å². The van der Waals surface area contributed by atoms with Gasteiger partial charge in [0.05, 0.1) is 17.2 Å². The second-order valence-electron chi connectivity index (χ2n) is 6.03. The van der Waals surface area contributed by atoms with Gasteiger partial charge in [0, 0.05) is 37.8 Å². The van der Waals surface area contributed by atoms with Crippen LogP contribution in [0.4, 0.5) is 5.82 Å². The van der Waals surface area contributed by atoms with Gasteiger partial charge >= 0.3 is 0 Å². The molecule has 0 radical (unpaired) electrons. The molecule has 2 atom stereocenters. The Morgan fingerprint density at radius 1 is 1.41 bits per heavy atom. The summed E-state index contributed by atoms with van der Waals surface area (Å²) in [7, 11) is 0. The lowest BCUT2D eigenvalue weighted by Crippen LogP contribution is -2.45. The van der Waals surface area contributed by atoms with Crippen LogP contribution in [0.3, 0.4) is 0 Å². The number of aromatic amines is 1. The number of rotatable bonds is 5. The summed E-state index contributed by atoms with van der Waals surface area (Å²) in [5.74, 6) is 0.823. The predicted molar refractivity (Wildman–Crippen MR) is 90.7 cm³/mol. The molecule has 0 aliphatic carbocycles. The maximum atomic E-state index is 6.25. The minimum Gasteiger partial charge on any atom is -0.373 e. The van der Waals surface area contributed by atoms with Crippen LogP contribution >= 0.6 is 11.6 Å². The standard InChI is InChI=1S/C16H23ClN4O/c1-11-9-21(10-12(2)22-11)7-3-5-18-15-8-14(17)13-4-6-19-16(13)20-15/h4,6,8,11-12H,3,5,7,9-10H2,1-2H3,(H2,18,19,20)/t11-,12+. The fraction of sp³-hybridized carbons (Fsp3) is 0.562. The van der Waals surface area contributed by atoms with Gasteiger partial charge in [-0.25, -0.2) is 4.98 Å². The molecule has 1 aliphatic rings. The Bertz CT molecular complexity index is 620. The number of nitrogens with one attached hydrogen (secondary N) is 2. The van der Waals surface area contributed by atoms with Gasteiger partial charge in [0.15, 0.2) is 0 Å². The number of aromatic nitrogens is 2. The number of fused-ring (bicyclic) bond motifs is 1. The van der Waals surface area contributed by atoms with Gasteiger partial charge in [0.25, 0.3) is 0 Å². The molecule has 0 bridgehead atoms. The molecule has 2 N–H and O–H groups in total. The zero-order valence-corrected chi connectivity index (χ0v) is 13.9. The monoisotopic (exact) mass is 322 g/mol. The maximum absolute atomic E-state index is 6.25. The highest BCUT2D eigenvalue weighted by Gasteiger charge is 2.21. The largest absolute Gasteiger partial charge is 0.373 e. The van der Waals surface area contributed by atoms with Crippen molar-refractivity contribution < 1.29 is 4.74 Å². The predicted octanol–water partition coefficient (Wildman–Crippen LogP) is 3.13. The van der Waals surface area contributed by atoms with E-state index < -0.39 is 0 Å². The van der Waals surface area contributed by atoms with E-state index in [1.807, 2.05) is 18.3 Å². The summed E-state index contributed by atoms with van der Waals surface area (Å²) in [6, 6.07) is 3.83. The van der Waals surface area contributed by atoms with Crippen LogP contribution in [0, 0.1) is 0 Å². The lowest BCUT2D eigenvalue weighted by atomic mass is 10.2. The Hall–Kier alpha value is -1.30. The quantitative estimate of drug-likeness (QED) is 0.830. The molecule has 1 fully saturated rings. The molecule has 120 valence electrons. The van der Waals surface area contributed by atoms with Crippen molar-refractivity contribution in [1.82, 2.24) is 14.9 Å². The Morgan fingerprint density at radius 2 is 2.18 bits per heavy atom. The lowest BCUT2D eigenvalue weighted by molar-refractivity contribution is -0.0678. The molecule has 2 aromatic rings. The number of hydrogen-bond donors (Lipinski definition) is 2. The fourth-order valence-electron chi connectivity index (χ4n) is 3.07. The Labute approximate surface area is 136 Å². The first-order valence-corrected chi connectivity index (χ1v) is 8.25. The first-order valence-electron chi connectivity index (χ1n) is 7.87. The average Bonchev–Trinajstić information content (AvgIpc) is 2.91. The number of anilines is 1. The third-order valence-corrected chi connectivity index (χ3v) is 4.24. The maximum Gasteiger partial charge on any atom is 0.141 e. The third kappa shape index (κ3) is 3.72. The van der Waals surface area contributed by atoms with E-state index >= 15 is 0 Å². The van der Waals surface area contributed by atoms with Gasteiger partial charge in [-0.15, -0.1) is 0 Å². The van der Waals surface area contributed by atoms with Gasteiger partial charge in [-0.3, -0.25) is 4.90 Å². The Morgan fingerprint density at radius 3 is 2.95 bits per heavy atom. The molecule has 1 aliphatic heterocycles. The number of morpholine rings is 1. The van der Waals surface area contributed by atoms with Crippen LogP contribution < -0.4 is 5.32 Å². The first kappa shape index (κ1) is 15.6. The molecular formula is C16H23ClN4O. The van der Waals surface area contributed by atoms with Crippen molar-refractivity contribution in [2.75, 3.05) is 31.5 Å². The average molecular weight is 323 g/mol. The topological polar surface area (TPSA) is 53.2 Å². The molecule has 0 amide bonds. The SMILES string of the molecule is C[C@@H]1CN(CCCNc2cc(Cl)c3cc[nH]c3n2)C[C@H](C)O1. The summed E-state index contributed by atoms with van der Waals surface area (Å²) in [4.78, 5) is 10.1. The van der Waals surface area contributed by atoms with E-state index in [4.69, 9.17) is 16.3 Å². The van der Waals surface area contributed by atoms with Crippen molar-refractivity contribution in [2.24, 2.45) is 0 Å². The van der Waals surface area contributed by atoms with Crippen LogP contribution in [-0.2, 0) is 4.74 Å². The highest BCUT2D eigenvalue weighted by atomic mass is 35.5. The van der Waals surface area contributed by atoms with Gasteiger partial charge in [-0.05, 0) is 32.4 Å². The van der Waals surface area contributed by atoms with Crippen molar-refractivity contribution in [2.45, 2.75) is 32.5 Å². The van der Waals surface area contributed by atoms with Gasteiger partial charge in [-0.2, -0.15) is 0 Å². The van der Waals surface area contributed by atoms with Crippen LogP contribution in [0.5, 0.6) is 0 Å². The van der Waals surface area contributed by atoms with Crippen LogP contribution in [0.15, 0.2) is 18.3 Å². The second-order valence-corrected chi connectivity index (χ2v) is 6.43. The molecule has 3 heterocycles. The van der Waals surface area contributed by atoms with Crippen molar-refractivity contribution in [3.8, 4) is 0 Å². The number of H-pyrrole nitrogens is 1. The van der Waals surface area contributed by atoms with E-state index in [2.05, 4.69) is 34.0 Å². The summed E-state index contributed by atoms with van der Waals surface area (Å²) in [5, 5.41) is 5.04. The van der Waals surface area contributed by atoms with Gasteiger partial charge in [0.2, 0.25) is 0 Å². The smallest absolute Gasteiger partial charge is 0.141 e. The number of nitrogens with zero attached hydrogens (tertiary/aromatic N) is 2. The minimum absolute atomic E-state index is 0.326. The van der Waals surface area contributed by atoms with Crippen molar-refractivity contribution in [3.05, 3.63) is 23.4 Å². The zero-order valence-electron chi connectivity index (χ0n) is 13.1. The molecule has 0 aromatic carbocycles. The van der Waals surface area contributed by atoms with Crippen molar-refractivity contribution in [1.29, 1.82) is 0 Å². The summed E-state index contributed by atoms with van der Waals surface area (Å²) >= 11 is 6.25. The van der Waals surface area contributed by atoms with Crippen molar-refractivity contribution in [3.63, 3.8) is 0 Å². The van der Waals surface area contributed by atoms with Crippen LogP contribution in [-0.4, -0.2) is 53.3 Å². The summed E-state index contributed by atoms with van der Waals surface area (Å²) < 4.78 is 5.75. The molecule has 22 heavy (non-hydrogen) atoms. The van der Waals surface area contributed by atoms with Crippen LogP contribution in [0.1, 0.15) is 20.3 Å². The molecule has 0 saturated carbocycles. The van der Waals surface area contributed by atoms with Crippen LogP contribution in [0.25, 0.3) is 11.0 Å². The molecule has 0 unspecified atom stereocenters. The highest BCUT2D eigenvalue weighted by molar-refractivity contribution is 6.35. The molecule has 2 aromatic heterocycles. The number of hydrogen-bond acceptors (Lipinski definition) is 4. The summed E-state index contributed by atoms with van der Waals surface area (Å²) in [6.07, 6.45) is 3.58. The Kier molecular flexibility index (Phi) is 4.86. The fourth-order valence-corrected chi connectivity index (χ4v) is 3.33. The number of pyridine rings is 1. The van der Waals surface area contributed by atoms with E-state index in [1.165, 1.54) is 0 Å². The van der Waals surface area contributed by atoms with Gasteiger partial charge in [0.1, 0.15) is 11.5 Å².